The summed E-state index contributed by atoms with van der Waals surface area (Å²) in [6.07, 6.45) is 1.97. The number of sulfonamides is 1. The molecule has 2 rings (SSSR count). The van der Waals surface area contributed by atoms with Crippen LogP contribution in [0.1, 0.15) is 26.7 Å². The summed E-state index contributed by atoms with van der Waals surface area (Å²) in [5.41, 5.74) is -0.317. The minimum absolute atomic E-state index is 0. The van der Waals surface area contributed by atoms with Crippen LogP contribution in [0.4, 0.5) is 0 Å². The van der Waals surface area contributed by atoms with Gasteiger partial charge in [0.25, 0.3) is 0 Å². The maximum atomic E-state index is 12.4. The highest BCUT2D eigenvalue weighted by molar-refractivity contribution is 7.89. The van der Waals surface area contributed by atoms with E-state index in [4.69, 9.17) is 9.47 Å². The molecule has 1 unspecified atom stereocenters. The van der Waals surface area contributed by atoms with Crippen molar-refractivity contribution in [2.24, 2.45) is 0 Å². The Kier molecular flexibility index (Phi) is 7.95. The monoisotopic (exact) mass is 378 g/mol. The maximum Gasteiger partial charge on any atom is 0.240 e. The third-order valence-corrected chi connectivity index (χ3v) is 5.28. The summed E-state index contributed by atoms with van der Waals surface area (Å²) < 4.78 is 38.4. The fourth-order valence-electron chi connectivity index (χ4n) is 2.76. The average Bonchev–Trinajstić information content (AvgIpc) is 2.95. The standard InChI is InChI=1S/C16H26N2O4S.ClH/c1-13(2)22-14-5-7-15(8-6-14)23(19,20)18-11-16(12-21-3)9-4-10-17-16;/h5-8,13,17-18H,4,9-12H2,1-3H3;1H. The Morgan fingerprint density at radius 3 is 2.46 bits per heavy atom. The number of halogens is 1. The third-order valence-electron chi connectivity index (χ3n) is 3.86. The number of methoxy groups -OCH3 is 1. The summed E-state index contributed by atoms with van der Waals surface area (Å²) in [6, 6.07) is 6.47. The van der Waals surface area contributed by atoms with Gasteiger partial charge in [-0.25, -0.2) is 13.1 Å². The van der Waals surface area contributed by atoms with Crippen LogP contribution in [0.2, 0.25) is 0 Å². The zero-order valence-electron chi connectivity index (χ0n) is 14.4. The molecule has 2 N–H and O–H groups in total. The van der Waals surface area contributed by atoms with Crippen molar-refractivity contribution in [1.82, 2.24) is 10.0 Å². The van der Waals surface area contributed by atoms with Crippen LogP contribution in [0.15, 0.2) is 29.2 Å². The second kappa shape index (κ2) is 9.01. The summed E-state index contributed by atoms with van der Waals surface area (Å²) in [7, 11) is -1.92. The number of rotatable bonds is 8. The Morgan fingerprint density at radius 1 is 1.29 bits per heavy atom. The lowest BCUT2D eigenvalue weighted by Crippen LogP contribution is -2.52. The van der Waals surface area contributed by atoms with Crippen molar-refractivity contribution in [2.75, 3.05) is 26.8 Å². The molecule has 1 heterocycles. The van der Waals surface area contributed by atoms with Crippen LogP contribution >= 0.6 is 12.4 Å². The fraction of sp³-hybridized carbons (Fsp3) is 0.625. The van der Waals surface area contributed by atoms with Gasteiger partial charge in [-0.1, -0.05) is 0 Å². The van der Waals surface area contributed by atoms with Crippen molar-refractivity contribution >= 4 is 22.4 Å². The number of benzene rings is 1. The molecule has 1 aliphatic heterocycles. The smallest absolute Gasteiger partial charge is 0.240 e. The van der Waals surface area contributed by atoms with Crippen LogP contribution in [0.3, 0.4) is 0 Å². The molecule has 1 aromatic rings. The first kappa shape index (κ1) is 21.2. The fourth-order valence-corrected chi connectivity index (χ4v) is 3.88. The van der Waals surface area contributed by atoms with Crippen LogP contribution in [0.5, 0.6) is 5.75 Å². The summed E-state index contributed by atoms with van der Waals surface area (Å²) in [4.78, 5) is 0.235. The Balaban J connectivity index is 0.00000288. The molecular formula is C16H27ClN2O4S. The summed E-state index contributed by atoms with van der Waals surface area (Å²) >= 11 is 0. The van der Waals surface area contributed by atoms with E-state index < -0.39 is 10.0 Å². The van der Waals surface area contributed by atoms with Crippen LogP contribution in [0.25, 0.3) is 0 Å². The van der Waals surface area contributed by atoms with Gasteiger partial charge in [0.1, 0.15) is 5.75 Å². The highest BCUT2D eigenvalue weighted by Crippen LogP contribution is 2.21. The third kappa shape index (κ3) is 5.60. The molecule has 1 atom stereocenters. The Bertz CT molecular complexity index is 599. The lowest BCUT2D eigenvalue weighted by atomic mass is 9.99. The van der Waals surface area contributed by atoms with Gasteiger partial charge in [0, 0.05) is 13.7 Å². The van der Waals surface area contributed by atoms with Crippen molar-refractivity contribution in [3.05, 3.63) is 24.3 Å². The molecule has 1 saturated heterocycles. The van der Waals surface area contributed by atoms with E-state index >= 15 is 0 Å². The van der Waals surface area contributed by atoms with Gasteiger partial charge in [-0.05, 0) is 57.5 Å². The lowest BCUT2D eigenvalue weighted by molar-refractivity contribution is 0.122. The highest BCUT2D eigenvalue weighted by atomic mass is 35.5. The molecule has 1 fully saturated rings. The van der Waals surface area contributed by atoms with Gasteiger partial charge in [0.2, 0.25) is 10.0 Å². The molecule has 24 heavy (non-hydrogen) atoms. The Morgan fingerprint density at radius 2 is 1.96 bits per heavy atom. The van der Waals surface area contributed by atoms with E-state index in [-0.39, 0.29) is 28.9 Å². The van der Waals surface area contributed by atoms with Gasteiger partial charge < -0.3 is 14.8 Å². The second-order valence-electron chi connectivity index (χ2n) is 6.21. The molecule has 0 aliphatic carbocycles. The van der Waals surface area contributed by atoms with Crippen molar-refractivity contribution in [2.45, 2.75) is 43.2 Å². The Labute approximate surface area is 150 Å². The number of nitrogens with one attached hydrogen (secondary N) is 2. The van der Waals surface area contributed by atoms with E-state index in [1.54, 1.807) is 31.4 Å². The van der Waals surface area contributed by atoms with Gasteiger partial charge in [-0.2, -0.15) is 0 Å². The zero-order valence-corrected chi connectivity index (χ0v) is 16.0. The predicted octanol–water partition coefficient (Wildman–Crippen LogP) is 1.94. The second-order valence-corrected chi connectivity index (χ2v) is 7.97. The average molecular weight is 379 g/mol. The van der Waals surface area contributed by atoms with E-state index in [0.717, 1.165) is 19.4 Å². The first-order chi connectivity index (χ1) is 10.9. The zero-order chi connectivity index (χ0) is 16.9. The largest absolute Gasteiger partial charge is 0.491 e. The molecule has 0 spiro atoms. The SMILES string of the molecule is COCC1(CNS(=O)(=O)c2ccc(OC(C)C)cc2)CCCN1.Cl. The summed E-state index contributed by atoms with van der Waals surface area (Å²) in [5, 5.41) is 3.35. The quantitative estimate of drug-likeness (QED) is 0.723. The van der Waals surface area contributed by atoms with Crippen LogP contribution in [-0.2, 0) is 14.8 Å². The molecule has 138 valence electrons. The Hall–Kier alpha value is -0.860. The molecule has 6 nitrogen and oxygen atoms in total. The van der Waals surface area contributed by atoms with Crippen molar-refractivity contribution < 1.29 is 17.9 Å². The minimum atomic E-state index is -3.55. The number of hydrogen-bond donors (Lipinski definition) is 2. The minimum Gasteiger partial charge on any atom is -0.491 e. The van der Waals surface area contributed by atoms with E-state index in [1.165, 1.54) is 0 Å². The molecule has 0 aromatic heterocycles. The topological polar surface area (TPSA) is 76.7 Å². The van der Waals surface area contributed by atoms with E-state index in [2.05, 4.69) is 10.0 Å². The van der Waals surface area contributed by atoms with Crippen molar-refractivity contribution in [3.63, 3.8) is 0 Å². The predicted molar refractivity (Wildman–Crippen MR) is 96.5 cm³/mol. The first-order valence-electron chi connectivity index (χ1n) is 7.87. The normalized spacial score (nSPS) is 20.8. The summed E-state index contributed by atoms with van der Waals surface area (Å²) in [5.74, 6) is 0.660. The van der Waals surface area contributed by atoms with Gasteiger partial charge in [-0.15, -0.1) is 12.4 Å². The molecule has 0 amide bonds. The molecule has 0 radical (unpaired) electrons. The number of hydrogen-bond acceptors (Lipinski definition) is 5. The van der Waals surface area contributed by atoms with E-state index in [0.29, 0.717) is 18.9 Å². The van der Waals surface area contributed by atoms with Crippen molar-refractivity contribution in [1.29, 1.82) is 0 Å². The molecule has 8 heteroatoms. The van der Waals surface area contributed by atoms with Crippen LogP contribution < -0.4 is 14.8 Å². The van der Waals surface area contributed by atoms with E-state index in [9.17, 15) is 8.42 Å². The van der Waals surface area contributed by atoms with Crippen LogP contribution in [-0.4, -0.2) is 46.9 Å². The molecule has 0 bridgehead atoms. The first-order valence-corrected chi connectivity index (χ1v) is 9.36. The van der Waals surface area contributed by atoms with Gasteiger partial charge in [0.15, 0.2) is 0 Å². The number of ether oxygens (including phenoxy) is 2. The van der Waals surface area contributed by atoms with E-state index in [1.807, 2.05) is 13.8 Å². The molecular weight excluding hydrogens is 352 g/mol. The molecule has 1 aliphatic rings. The summed E-state index contributed by atoms with van der Waals surface area (Å²) in [6.45, 7) is 5.53. The van der Waals surface area contributed by atoms with Gasteiger partial charge in [0.05, 0.1) is 23.1 Å². The van der Waals surface area contributed by atoms with Gasteiger partial charge >= 0.3 is 0 Å². The van der Waals surface area contributed by atoms with Crippen LogP contribution in [0, 0.1) is 0 Å². The lowest BCUT2D eigenvalue weighted by Gasteiger charge is -2.28. The van der Waals surface area contributed by atoms with Gasteiger partial charge in [-0.3, -0.25) is 0 Å². The van der Waals surface area contributed by atoms with Crippen molar-refractivity contribution in [3.8, 4) is 5.75 Å². The highest BCUT2D eigenvalue weighted by Gasteiger charge is 2.34. The molecule has 1 aromatic carbocycles. The maximum absolute atomic E-state index is 12.4. The molecule has 0 saturated carbocycles.